The first kappa shape index (κ1) is 16.1. The molecule has 0 atom stereocenters. The van der Waals surface area contributed by atoms with Gasteiger partial charge in [0.25, 0.3) is 0 Å². The second-order valence-electron chi connectivity index (χ2n) is 6.24. The van der Waals surface area contributed by atoms with Crippen LogP contribution < -0.4 is 0 Å². The van der Waals surface area contributed by atoms with Gasteiger partial charge in [-0.25, -0.2) is 0 Å². The van der Waals surface area contributed by atoms with Crippen LogP contribution in [0.2, 0.25) is 0 Å². The summed E-state index contributed by atoms with van der Waals surface area (Å²) in [7, 11) is 0. The molecule has 3 rings (SSSR count). The molecule has 0 saturated carbocycles. The second-order valence-corrected chi connectivity index (χ2v) is 7.19. The molecule has 0 N–H and O–H groups in total. The third kappa shape index (κ3) is 4.17. The average molecular weight is 334 g/mol. The zero-order valence-corrected chi connectivity index (χ0v) is 14.4. The van der Waals surface area contributed by atoms with Gasteiger partial charge in [-0.05, 0) is 17.4 Å². The van der Waals surface area contributed by atoms with E-state index >= 15 is 0 Å². The number of carbonyl (C=O) groups is 1. The summed E-state index contributed by atoms with van der Waals surface area (Å²) in [4.78, 5) is 21.8. The fraction of sp³-hybridized carbons (Fsp3) is 0.562. The highest BCUT2D eigenvalue weighted by atomic mass is 32.1. The third-order valence-corrected chi connectivity index (χ3v) is 4.74. The predicted molar refractivity (Wildman–Crippen MR) is 88.9 cm³/mol. The van der Waals surface area contributed by atoms with Gasteiger partial charge in [-0.1, -0.05) is 25.1 Å². The van der Waals surface area contributed by atoms with Crippen molar-refractivity contribution in [2.45, 2.75) is 26.8 Å². The van der Waals surface area contributed by atoms with E-state index in [9.17, 15) is 4.79 Å². The number of piperazine rings is 1. The Kier molecular flexibility index (Phi) is 5.07. The molecule has 3 heterocycles. The first-order valence-corrected chi connectivity index (χ1v) is 8.86. The van der Waals surface area contributed by atoms with Crippen molar-refractivity contribution < 1.29 is 9.32 Å². The smallest absolute Gasteiger partial charge is 0.241 e. The summed E-state index contributed by atoms with van der Waals surface area (Å²) in [6, 6.07) is 3.96. The van der Waals surface area contributed by atoms with Gasteiger partial charge in [0.15, 0.2) is 0 Å². The number of aromatic nitrogens is 2. The number of amides is 1. The van der Waals surface area contributed by atoms with Gasteiger partial charge >= 0.3 is 0 Å². The minimum absolute atomic E-state index is 0.262. The van der Waals surface area contributed by atoms with E-state index in [2.05, 4.69) is 28.9 Å². The fourth-order valence-corrected chi connectivity index (χ4v) is 3.30. The molecule has 0 radical (unpaired) electrons. The maximum atomic E-state index is 12.1. The molecule has 1 aliphatic heterocycles. The Morgan fingerprint density at radius 2 is 2.13 bits per heavy atom. The van der Waals surface area contributed by atoms with Crippen LogP contribution in [-0.2, 0) is 11.3 Å². The van der Waals surface area contributed by atoms with E-state index in [-0.39, 0.29) is 5.91 Å². The van der Waals surface area contributed by atoms with E-state index in [4.69, 9.17) is 4.52 Å². The molecule has 0 aliphatic carbocycles. The van der Waals surface area contributed by atoms with E-state index in [1.807, 2.05) is 22.4 Å². The van der Waals surface area contributed by atoms with Gasteiger partial charge in [-0.2, -0.15) is 4.98 Å². The number of rotatable bonds is 5. The lowest BCUT2D eigenvalue weighted by Crippen LogP contribution is -2.48. The summed E-state index contributed by atoms with van der Waals surface area (Å²) in [5, 5.41) is 6.03. The summed E-state index contributed by atoms with van der Waals surface area (Å²) in [6.45, 7) is 8.05. The van der Waals surface area contributed by atoms with Crippen molar-refractivity contribution in [2.24, 2.45) is 5.92 Å². The minimum Gasteiger partial charge on any atom is -0.340 e. The Hall–Kier alpha value is -1.73. The van der Waals surface area contributed by atoms with Crippen LogP contribution in [0.1, 0.15) is 26.2 Å². The maximum absolute atomic E-state index is 12.1. The second kappa shape index (κ2) is 7.23. The standard InChI is InChI=1S/C16H22N4O2S/c1-12(2)10-15(21)20-7-5-19(6-8-20)11-14-17-16(18-22-14)13-4-3-9-23-13/h3-4,9,12H,5-8,10-11H2,1-2H3. The Morgan fingerprint density at radius 1 is 1.35 bits per heavy atom. The lowest BCUT2D eigenvalue weighted by atomic mass is 10.1. The summed E-state index contributed by atoms with van der Waals surface area (Å²) in [6.07, 6.45) is 0.633. The van der Waals surface area contributed by atoms with E-state index in [1.54, 1.807) is 11.3 Å². The van der Waals surface area contributed by atoms with E-state index < -0.39 is 0 Å². The van der Waals surface area contributed by atoms with Gasteiger partial charge in [0.05, 0.1) is 11.4 Å². The van der Waals surface area contributed by atoms with Gasteiger partial charge in [0.1, 0.15) is 0 Å². The molecule has 7 heteroatoms. The molecule has 0 spiro atoms. The monoisotopic (exact) mass is 334 g/mol. The zero-order valence-electron chi connectivity index (χ0n) is 13.6. The van der Waals surface area contributed by atoms with Crippen molar-refractivity contribution in [2.75, 3.05) is 26.2 Å². The Labute approximate surface area is 140 Å². The average Bonchev–Trinajstić information content (AvgIpc) is 3.18. The summed E-state index contributed by atoms with van der Waals surface area (Å²) in [5.74, 6) is 1.96. The molecule has 124 valence electrons. The van der Waals surface area contributed by atoms with Crippen LogP contribution in [0.15, 0.2) is 22.0 Å². The van der Waals surface area contributed by atoms with E-state index in [0.717, 1.165) is 31.1 Å². The molecule has 1 aliphatic rings. The largest absolute Gasteiger partial charge is 0.340 e. The number of carbonyl (C=O) groups excluding carboxylic acids is 1. The lowest BCUT2D eigenvalue weighted by Gasteiger charge is -2.34. The fourth-order valence-electron chi connectivity index (χ4n) is 2.65. The third-order valence-electron chi connectivity index (χ3n) is 3.88. The molecule has 0 bridgehead atoms. The van der Waals surface area contributed by atoms with Crippen molar-refractivity contribution in [3.8, 4) is 10.7 Å². The minimum atomic E-state index is 0.262. The molecule has 23 heavy (non-hydrogen) atoms. The Bertz CT molecular complexity index is 630. The van der Waals surface area contributed by atoms with Crippen molar-refractivity contribution in [3.05, 3.63) is 23.4 Å². The van der Waals surface area contributed by atoms with E-state index in [0.29, 0.717) is 30.6 Å². The molecule has 2 aromatic heterocycles. The summed E-state index contributed by atoms with van der Waals surface area (Å²) >= 11 is 1.60. The number of nitrogens with zero attached hydrogens (tertiary/aromatic N) is 4. The molecule has 0 aromatic carbocycles. The Morgan fingerprint density at radius 3 is 2.78 bits per heavy atom. The lowest BCUT2D eigenvalue weighted by molar-refractivity contribution is -0.133. The van der Waals surface area contributed by atoms with Crippen LogP contribution in [0.25, 0.3) is 10.7 Å². The first-order chi connectivity index (χ1) is 11.1. The number of hydrogen-bond donors (Lipinski definition) is 0. The number of thiophene rings is 1. The topological polar surface area (TPSA) is 62.5 Å². The number of hydrogen-bond acceptors (Lipinski definition) is 6. The van der Waals surface area contributed by atoms with Gasteiger partial charge in [0.2, 0.25) is 17.6 Å². The summed E-state index contributed by atoms with van der Waals surface area (Å²) in [5.41, 5.74) is 0. The normalized spacial score (nSPS) is 16.2. The van der Waals surface area contributed by atoms with Crippen LogP contribution in [0, 0.1) is 5.92 Å². The van der Waals surface area contributed by atoms with Crippen molar-refractivity contribution in [1.82, 2.24) is 19.9 Å². The molecule has 6 nitrogen and oxygen atoms in total. The molecule has 0 unspecified atom stereocenters. The molecule has 1 saturated heterocycles. The first-order valence-electron chi connectivity index (χ1n) is 7.98. The zero-order chi connectivity index (χ0) is 16.2. The van der Waals surface area contributed by atoms with Crippen LogP contribution in [0.5, 0.6) is 0 Å². The quantitative estimate of drug-likeness (QED) is 0.840. The van der Waals surface area contributed by atoms with Gasteiger partial charge in [-0.3, -0.25) is 9.69 Å². The van der Waals surface area contributed by atoms with Crippen molar-refractivity contribution >= 4 is 17.2 Å². The van der Waals surface area contributed by atoms with E-state index in [1.165, 1.54) is 0 Å². The molecular weight excluding hydrogens is 312 g/mol. The molecular formula is C16H22N4O2S. The van der Waals surface area contributed by atoms with Gasteiger partial charge in [0, 0.05) is 32.6 Å². The van der Waals surface area contributed by atoms with Gasteiger partial charge < -0.3 is 9.42 Å². The predicted octanol–water partition coefficient (Wildman–Crippen LogP) is 2.49. The Balaban J connectivity index is 1.50. The van der Waals surface area contributed by atoms with Crippen LogP contribution in [0.4, 0.5) is 0 Å². The maximum Gasteiger partial charge on any atom is 0.241 e. The molecule has 2 aromatic rings. The van der Waals surface area contributed by atoms with Crippen molar-refractivity contribution in [1.29, 1.82) is 0 Å². The highest BCUT2D eigenvalue weighted by Gasteiger charge is 2.23. The SMILES string of the molecule is CC(C)CC(=O)N1CCN(Cc2nc(-c3cccs3)no2)CC1. The highest BCUT2D eigenvalue weighted by Crippen LogP contribution is 2.21. The van der Waals surface area contributed by atoms with Crippen LogP contribution in [-0.4, -0.2) is 52.0 Å². The molecule has 1 amide bonds. The summed E-state index contributed by atoms with van der Waals surface area (Å²) < 4.78 is 5.34. The molecule has 1 fully saturated rings. The highest BCUT2D eigenvalue weighted by molar-refractivity contribution is 7.13. The van der Waals surface area contributed by atoms with Crippen LogP contribution >= 0.6 is 11.3 Å². The van der Waals surface area contributed by atoms with Gasteiger partial charge in [-0.15, -0.1) is 11.3 Å². The van der Waals surface area contributed by atoms with Crippen LogP contribution in [0.3, 0.4) is 0 Å². The van der Waals surface area contributed by atoms with Crippen molar-refractivity contribution in [3.63, 3.8) is 0 Å².